The van der Waals surface area contributed by atoms with E-state index in [0.29, 0.717) is 5.41 Å². The van der Waals surface area contributed by atoms with Crippen LogP contribution in [0.1, 0.15) is 12.5 Å². The molecular weight excluding hydrogens is 210 g/mol. The van der Waals surface area contributed by atoms with Crippen molar-refractivity contribution in [1.29, 1.82) is 0 Å². The Labute approximate surface area is 95.6 Å². The number of hydrogen-bond donors (Lipinski definition) is 1. The van der Waals surface area contributed by atoms with Gasteiger partial charge >= 0.3 is 0 Å². The third-order valence-corrected chi connectivity index (χ3v) is 3.09. The topological polar surface area (TPSA) is 21.3 Å². The smallest absolute Gasteiger partial charge is 0.0554 e. The van der Waals surface area contributed by atoms with E-state index in [9.17, 15) is 0 Å². The van der Waals surface area contributed by atoms with Crippen LogP contribution in [0.25, 0.3) is 0 Å². The summed E-state index contributed by atoms with van der Waals surface area (Å²) in [4.78, 5) is 0. The zero-order chi connectivity index (χ0) is 10.7. The second kappa shape index (κ2) is 4.52. The summed E-state index contributed by atoms with van der Waals surface area (Å²) in [5, 5.41) is 4.25. The summed E-state index contributed by atoms with van der Waals surface area (Å²) in [5.74, 6) is 0. The van der Waals surface area contributed by atoms with Crippen LogP contribution in [0, 0.1) is 5.41 Å². The van der Waals surface area contributed by atoms with Crippen LogP contribution in [-0.2, 0) is 11.3 Å². The lowest BCUT2D eigenvalue weighted by molar-refractivity contribution is -0.0991. The van der Waals surface area contributed by atoms with E-state index in [4.69, 9.17) is 16.3 Å². The highest BCUT2D eigenvalue weighted by Crippen LogP contribution is 2.25. The molecule has 0 bridgehead atoms. The summed E-state index contributed by atoms with van der Waals surface area (Å²) in [5.41, 5.74) is 1.48. The molecule has 1 heterocycles. The molecule has 0 aromatic heterocycles. The molecule has 0 unspecified atom stereocenters. The minimum absolute atomic E-state index is 0.321. The van der Waals surface area contributed by atoms with E-state index >= 15 is 0 Å². The number of benzene rings is 1. The Balaban J connectivity index is 1.81. The molecule has 1 aromatic carbocycles. The van der Waals surface area contributed by atoms with Crippen LogP contribution in [0.5, 0.6) is 0 Å². The number of hydrogen-bond acceptors (Lipinski definition) is 2. The van der Waals surface area contributed by atoms with Gasteiger partial charge in [0.25, 0.3) is 0 Å². The third-order valence-electron chi connectivity index (χ3n) is 2.73. The highest BCUT2D eigenvalue weighted by atomic mass is 35.5. The first-order valence-corrected chi connectivity index (χ1v) is 5.59. The second-order valence-corrected chi connectivity index (χ2v) is 4.91. The van der Waals surface area contributed by atoms with Crippen molar-refractivity contribution in [3.05, 3.63) is 34.9 Å². The van der Waals surface area contributed by atoms with Gasteiger partial charge in [0, 0.05) is 23.5 Å². The fourth-order valence-electron chi connectivity index (χ4n) is 1.69. The van der Waals surface area contributed by atoms with Gasteiger partial charge in [-0.2, -0.15) is 0 Å². The molecule has 0 radical (unpaired) electrons. The molecule has 0 atom stereocenters. The van der Waals surface area contributed by atoms with E-state index in [1.165, 1.54) is 0 Å². The molecule has 0 saturated carbocycles. The van der Waals surface area contributed by atoms with Gasteiger partial charge in [0.2, 0.25) is 0 Å². The predicted molar refractivity (Wildman–Crippen MR) is 62.1 cm³/mol. The van der Waals surface area contributed by atoms with Crippen molar-refractivity contribution in [2.75, 3.05) is 19.8 Å². The summed E-state index contributed by atoms with van der Waals surface area (Å²) in [6.07, 6.45) is 0. The monoisotopic (exact) mass is 225 g/mol. The van der Waals surface area contributed by atoms with Gasteiger partial charge in [-0.15, -0.1) is 0 Å². The Morgan fingerprint density at radius 2 is 2.13 bits per heavy atom. The second-order valence-electron chi connectivity index (χ2n) is 4.50. The van der Waals surface area contributed by atoms with Gasteiger partial charge in [0.15, 0.2) is 0 Å². The molecule has 1 saturated heterocycles. The fourth-order valence-corrected chi connectivity index (χ4v) is 1.90. The van der Waals surface area contributed by atoms with E-state index < -0.39 is 0 Å². The maximum atomic E-state index is 6.06. The van der Waals surface area contributed by atoms with Crippen LogP contribution < -0.4 is 5.32 Å². The van der Waals surface area contributed by atoms with Crippen LogP contribution in [0.2, 0.25) is 5.02 Å². The number of halogens is 1. The van der Waals surface area contributed by atoms with Gasteiger partial charge in [-0.05, 0) is 11.6 Å². The first-order valence-electron chi connectivity index (χ1n) is 5.22. The summed E-state index contributed by atoms with van der Waals surface area (Å²) < 4.78 is 5.20. The molecule has 2 rings (SSSR count). The van der Waals surface area contributed by atoms with Crippen molar-refractivity contribution >= 4 is 11.6 Å². The molecule has 82 valence electrons. The quantitative estimate of drug-likeness (QED) is 0.850. The summed E-state index contributed by atoms with van der Waals surface area (Å²) >= 11 is 6.06. The molecule has 0 aliphatic carbocycles. The number of rotatable bonds is 4. The zero-order valence-corrected chi connectivity index (χ0v) is 9.68. The Bertz CT molecular complexity index is 336. The van der Waals surface area contributed by atoms with Crippen molar-refractivity contribution in [2.24, 2.45) is 5.41 Å². The van der Waals surface area contributed by atoms with E-state index in [1.54, 1.807) is 0 Å². The van der Waals surface area contributed by atoms with Gasteiger partial charge < -0.3 is 10.1 Å². The first kappa shape index (κ1) is 10.9. The minimum Gasteiger partial charge on any atom is -0.380 e. The highest BCUT2D eigenvalue weighted by molar-refractivity contribution is 6.31. The average Bonchev–Trinajstić information content (AvgIpc) is 2.18. The molecular formula is C12H16ClNO. The van der Waals surface area contributed by atoms with Gasteiger partial charge in [0.05, 0.1) is 13.2 Å². The molecule has 1 aromatic rings. The zero-order valence-electron chi connectivity index (χ0n) is 8.92. The molecule has 0 amide bonds. The molecule has 2 nitrogen and oxygen atoms in total. The number of nitrogens with one attached hydrogen (secondary N) is 1. The van der Waals surface area contributed by atoms with E-state index in [1.807, 2.05) is 18.2 Å². The predicted octanol–water partition coefficient (Wildman–Crippen LogP) is 2.47. The molecule has 1 fully saturated rings. The van der Waals surface area contributed by atoms with Gasteiger partial charge in [-0.25, -0.2) is 0 Å². The summed E-state index contributed by atoms with van der Waals surface area (Å²) in [6.45, 7) is 5.77. The number of ether oxygens (including phenoxy) is 1. The normalized spacial score (nSPS) is 18.5. The maximum absolute atomic E-state index is 6.06. The van der Waals surface area contributed by atoms with Crippen LogP contribution in [0.3, 0.4) is 0 Å². The molecule has 3 heteroatoms. The molecule has 1 aliphatic rings. The maximum Gasteiger partial charge on any atom is 0.0554 e. The van der Waals surface area contributed by atoms with Crippen LogP contribution in [0.4, 0.5) is 0 Å². The van der Waals surface area contributed by atoms with E-state index in [2.05, 4.69) is 18.3 Å². The molecule has 1 N–H and O–H groups in total. The Kier molecular flexibility index (Phi) is 3.29. The standard InChI is InChI=1S/C12H16ClNO/c1-12(8-15-9-12)7-14-6-10-4-2-3-5-11(10)13/h2-5,14H,6-9H2,1H3. The van der Waals surface area contributed by atoms with E-state index in [0.717, 1.165) is 36.9 Å². The molecule has 15 heavy (non-hydrogen) atoms. The first-order chi connectivity index (χ1) is 7.20. The van der Waals surface area contributed by atoms with Gasteiger partial charge in [-0.1, -0.05) is 36.7 Å². The Morgan fingerprint density at radius 3 is 2.73 bits per heavy atom. The SMILES string of the molecule is CC1(CNCc2ccccc2Cl)COC1. The fraction of sp³-hybridized carbons (Fsp3) is 0.500. The Hall–Kier alpha value is -0.570. The van der Waals surface area contributed by atoms with Crippen molar-refractivity contribution in [3.8, 4) is 0 Å². The van der Waals surface area contributed by atoms with Gasteiger partial charge in [-0.3, -0.25) is 0 Å². The lowest BCUT2D eigenvalue weighted by atomic mass is 9.89. The molecule has 0 spiro atoms. The van der Waals surface area contributed by atoms with Gasteiger partial charge in [0.1, 0.15) is 0 Å². The lowest BCUT2D eigenvalue weighted by Gasteiger charge is -2.38. The van der Waals surface area contributed by atoms with Crippen molar-refractivity contribution < 1.29 is 4.74 Å². The summed E-state index contributed by atoms with van der Waals surface area (Å²) in [7, 11) is 0. The van der Waals surface area contributed by atoms with Crippen molar-refractivity contribution in [1.82, 2.24) is 5.32 Å². The summed E-state index contributed by atoms with van der Waals surface area (Å²) in [6, 6.07) is 7.94. The average molecular weight is 226 g/mol. The largest absolute Gasteiger partial charge is 0.380 e. The highest BCUT2D eigenvalue weighted by Gasteiger charge is 2.32. The third kappa shape index (κ3) is 2.71. The van der Waals surface area contributed by atoms with Crippen molar-refractivity contribution in [3.63, 3.8) is 0 Å². The van der Waals surface area contributed by atoms with Crippen LogP contribution >= 0.6 is 11.6 Å². The Morgan fingerprint density at radius 1 is 1.40 bits per heavy atom. The van der Waals surface area contributed by atoms with Crippen LogP contribution in [0.15, 0.2) is 24.3 Å². The van der Waals surface area contributed by atoms with E-state index in [-0.39, 0.29) is 0 Å². The molecule has 1 aliphatic heterocycles. The van der Waals surface area contributed by atoms with Crippen molar-refractivity contribution in [2.45, 2.75) is 13.5 Å². The lowest BCUT2D eigenvalue weighted by Crippen LogP contribution is -2.47. The van der Waals surface area contributed by atoms with Crippen LogP contribution in [-0.4, -0.2) is 19.8 Å². The minimum atomic E-state index is 0.321.